The van der Waals surface area contributed by atoms with Crippen LogP contribution in [0.4, 0.5) is 8.78 Å². The fourth-order valence-electron chi connectivity index (χ4n) is 4.45. The Kier molecular flexibility index (Phi) is 5.77. The molecule has 1 heterocycles. The molecule has 0 saturated carbocycles. The summed E-state index contributed by atoms with van der Waals surface area (Å²) >= 11 is 0. The van der Waals surface area contributed by atoms with Crippen LogP contribution in [0.25, 0.3) is 21.9 Å². The lowest BCUT2D eigenvalue weighted by molar-refractivity contribution is -0.0391. The predicted octanol–water partition coefficient (Wildman–Crippen LogP) is 4.31. The Bertz CT molecular complexity index is 1130. The molecule has 3 aromatic carbocycles. The molecule has 6 heteroatoms. The van der Waals surface area contributed by atoms with Crippen molar-refractivity contribution in [3.63, 3.8) is 0 Å². The second kappa shape index (κ2) is 8.36. The molecule has 0 aromatic heterocycles. The van der Waals surface area contributed by atoms with Gasteiger partial charge in [-0.15, -0.1) is 0 Å². The summed E-state index contributed by atoms with van der Waals surface area (Å²) in [6.07, 6.45) is 1.43. The van der Waals surface area contributed by atoms with E-state index in [2.05, 4.69) is 0 Å². The average Bonchev–Trinajstić information content (AvgIpc) is 2.73. The molecule has 31 heavy (non-hydrogen) atoms. The minimum atomic E-state index is -0.905. The van der Waals surface area contributed by atoms with Gasteiger partial charge in [-0.3, -0.25) is 4.79 Å². The number of fused-ring (bicyclic) bond motifs is 1. The Morgan fingerprint density at radius 1 is 1.06 bits per heavy atom. The van der Waals surface area contributed by atoms with E-state index in [1.165, 1.54) is 6.07 Å². The van der Waals surface area contributed by atoms with Crippen LogP contribution in [-0.4, -0.2) is 60.1 Å². The lowest BCUT2D eigenvalue weighted by Gasteiger charge is -2.40. The number of piperidine rings is 1. The fourth-order valence-corrected chi connectivity index (χ4v) is 4.45. The van der Waals surface area contributed by atoms with Crippen LogP contribution in [-0.2, 0) is 0 Å². The van der Waals surface area contributed by atoms with Crippen molar-refractivity contribution >= 4 is 16.7 Å². The predicted molar refractivity (Wildman–Crippen MR) is 118 cm³/mol. The van der Waals surface area contributed by atoms with Crippen LogP contribution >= 0.6 is 0 Å². The van der Waals surface area contributed by atoms with Crippen LogP contribution in [0.5, 0.6) is 0 Å². The highest BCUT2D eigenvalue weighted by atomic mass is 19.1. The lowest BCUT2D eigenvalue weighted by Crippen LogP contribution is -2.54. The van der Waals surface area contributed by atoms with Crippen molar-refractivity contribution in [2.24, 2.45) is 0 Å². The third-order valence-corrected chi connectivity index (χ3v) is 5.78. The van der Waals surface area contributed by atoms with Gasteiger partial charge in [0.05, 0.1) is 12.1 Å². The molecule has 3 aromatic rings. The first-order valence-corrected chi connectivity index (χ1v) is 10.4. The molecule has 162 valence electrons. The number of likely N-dealkylation sites (N-methyl/N-ethyl adjacent to an activating group) is 1. The molecule has 4 rings (SSSR count). The van der Waals surface area contributed by atoms with E-state index in [9.17, 15) is 18.7 Å². The number of benzene rings is 3. The van der Waals surface area contributed by atoms with E-state index in [1.807, 2.05) is 37.2 Å². The number of likely N-dealkylation sites (tertiary alicyclic amines) is 1. The van der Waals surface area contributed by atoms with Gasteiger partial charge < -0.3 is 14.9 Å². The molecule has 0 spiro atoms. The summed E-state index contributed by atoms with van der Waals surface area (Å²) in [5, 5.41) is 12.5. The van der Waals surface area contributed by atoms with Gasteiger partial charge in [-0.05, 0) is 79.7 Å². The van der Waals surface area contributed by atoms with Gasteiger partial charge in [-0.25, -0.2) is 8.78 Å². The Hall–Kier alpha value is -2.83. The molecule has 4 nitrogen and oxygen atoms in total. The Balaban J connectivity index is 1.59. The quantitative estimate of drug-likeness (QED) is 0.679. The largest absolute Gasteiger partial charge is 0.387 e. The minimum absolute atomic E-state index is 0.112. The van der Waals surface area contributed by atoms with E-state index in [0.717, 1.165) is 29.3 Å². The molecule has 0 radical (unpaired) electrons. The monoisotopic (exact) mass is 424 g/mol. The highest BCUT2D eigenvalue weighted by molar-refractivity contribution is 5.99. The third kappa shape index (κ3) is 4.60. The van der Waals surface area contributed by atoms with Gasteiger partial charge >= 0.3 is 0 Å². The standard InChI is InChI=1S/C25H26F2N2O2/c1-28(2)15-25(31)10-3-11-29(16-25)24(30)20-7-5-17-12-19(6-4-18(17)13-20)22-14-21(26)8-9-23(22)27/h4-9,12-14,31H,3,10-11,15-16H2,1-2H3. The maximum Gasteiger partial charge on any atom is 0.253 e. The maximum absolute atomic E-state index is 14.1. The van der Waals surface area contributed by atoms with Gasteiger partial charge in [-0.2, -0.15) is 0 Å². The number of amides is 1. The van der Waals surface area contributed by atoms with Gasteiger partial charge in [0.15, 0.2) is 0 Å². The summed E-state index contributed by atoms with van der Waals surface area (Å²) in [7, 11) is 3.82. The maximum atomic E-state index is 14.1. The SMILES string of the molecule is CN(C)CC1(O)CCCN(C(=O)c2ccc3cc(-c4cc(F)ccc4F)ccc3c2)C1. The van der Waals surface area contributed by atoms with E-state index < -0.39 is 17.2 Å². The van der Waals surface area contributed by atoms with Crippen molar-refractivity contribution in [3.05, 3.63) is 71.8 Å². The summed E-state index contributed by atoms with van der Waals surface area (Å²) in [6, 6.07) is 14.1. The Morgan fingerprint density at radius 2 is 1.81 bits per heavy atom. The molecule has 1 saturated heterocycles. The van der Waals surface area contributed by atoms with Crippen LogP contribution in [0.3, 0.4) is 0 Å². The molecule has 1 fully saturated rings. The first-order valence-electron chi connectivity index (χ1n) is 10.4. The summed E-state index contributed by atoms with van der Waals surface area (Å²) in [6.45, 7) is 1.43. The number of aliphatic hydroxyl groups is 1. The second-order valence-corrected chi connectivity index (χ2v) is 8.69. The van der Waals surface area contributed by atoms with E-state index in [4.69, 9.17) is 0 Å². The van der Waals surface area contributed by atoms with Crippen LogP contribution in [0.1, 0.15) is 23.2 Å². The van der Waals surface area contributed by atoms with E-state index in [-0.39, 0.29) is 11.5 Å². The molecule has 0 aliphatic carbocycles. The summed E-state index contributed by atoms with van der Waals surface area (Å²) in [5.74, 6) is -1.09. The zero-order valence-corrected chi connectivity index (χ0v) is 17.7. The van der Waals surface area contributed by atoms with Crippen LogP contribution < -0.4 is 0 Å². The fraction of sp³-hybridized carbons (Fsp3) is 0.320. The van der Waals surface area contributed by atoms with Gasteiger partial charge in [0.2, 0.25) is 0 Å². The summed E-state index contributed by atoms with van der Waals surface area (Å²) in [4.78, 5) is 16.7. The molecular weight excluding hydrogens is 398 g/mol. The first kappa shape index (κ1) is 21.4. The molecule has 1 amide bonds. The normalized spacial score (nSPS) is 19.2. The number of nitrogens with zero attached hydrogens (tertiary/aromatic N) is 2. The molecule has 1 N–H and O–H groups in total. The smallest absolute Gasteiger partial charge is 0.253 e. The zero-order valence-electron chi connectivity index (χ0n) is 17.7. The van der Waals surface area contributed by atoms with Crippen molar-refractivity contribution in [3.8, 4) is 11.1 Å². The molecule has 1 aliphatic rings. The minimum Gasteiger partial charge on any atom is -0.387 e. The van der Waals surface area contributed by atoms with E-state index in [1.54, 1.807) is 23.1 Å². The number of hydrogen-bond acceptors (Lipinski definition) is 3. The van der Waals surface area contributed by atoms with Crippen molar-refractivity contribution in [2.45, 2.75) is 18.4 Å². The number of carbonyl (C=O) groups is 1. The number of rotatable bonds is 4. The molecule has 1 aliphatic heterocycles. The average molecular weight is 424 g/mol. The second-order valence-electron chi connectivity index (χ2n) is 8.69. The van der Waals surface area contributed by atoms with Crippen molar-refractivity contribution in [1.82, 2.24) is 9.80 Å². The van der Waals surface area contributed by atoms with Crippen molar-refractivity contribution < 1.29 is 18.7 Å². The topological polar surface area (TPSA) is 43.8 Å². The molecule has 1 unspecified atom stereocenters. The number of halogens is 2. The van der Waals surface area contributed by atoms with Crippen LogP contribution in [0.2, 0.25) is 0 Å². The van der Waals surface area contributed by atoms with Gasteiger partial charge in [-0.1, -0.05) is 18.2 Å². The summed E-state index contributed by atoms with van der Waals surface area (Å²) in [5.41, 5.74) is 0.424. The highest BCUT2D eigenvalue weighted by Gasteiger charge is 2.35. The van der Waals surface area contributed by atoms with Crippen molar-refractivity contribution in [2.75, 3.05) is 33.7 Å². The van der Waals surface area contributed by atoms with E-state index >= 15 is 0 Å². The van der Waals surface area contributed by atoms with Gasteiger partial charge in [0, 0.05) is 24.2 Å². The number of carbonyl (C=O) groups excluding carboxylic acids is 1. The Morgan fingerprint density at radius 3 is 2.58 bits per heavy atom. The van der Waals surface area contributed by atoms with Crippen LogP contribution in [0, 0.1) is 11.6 Å². The first-order chi connectivity index (χ1) is 14.7. The Labute approximate surface area is 180 Å². The number of β-amino-alcohol motifs (C(OH)–C–C–N with tert-alkyl or cyclic N) is 1. The zero-order chi connectivity index (χ0) is 22.2. The molecule has 0 bridgehead atoms. The molecule has 1 atom stereocenters. The van der Waals surface area contributed by atoms with E-state index in [0.29, 0.717) is 37.2 Å². The van der Waals surface area contributed by atoms with Crippen LogP contribution in [0.15, 0.2) is 54.6 Å². The lowest BCUT2D eigenvalue weighted by atomic mass is 9.91. The third-order valence-electron chi connectivity index (χ3n) is 5.78. The summed E-state index contributed by atoms with van der Waals surface area (Å²) < 4.78 is 27.7. The van der Waals surface area contributed by atoms with Crippen molar-refractivity contribution in [1.29, 1.82) is 0 Å². The van der Waals surface area contributed by atoms with Gasteiger partial charge in [0.25, 0.3) is 5.91 Å². The molecular formula is C25H26F2N2O2. The number of hydrogen-bond donors (Lipinski definition) is 1. The highest BCUT2D eigenvalue weighted by Crippen LogP contribution is 2.29. The van der Waals surface area contributed by atoms with Gasteiger partial charge in [0.1, 0.15) is 11.6 Å².